The fourth-order valence-electron chi connectivity index (χ4n) is 7.74. The van der Waals surface area contributed by atoms with Gasteiger partial charge in [-0.1, -0.05) is 70.0 Å². The maximum atomic E-state index is 14.2. The van der Waals surface area contributed by atoms with Crippen molar-refractivity contribution in [3.8, 4) is 5.75 Å². The number of rotatable bonds is 4. The van der Waals surface area contributed by atoms with Crippen LogP contribution in [0.25, 0.3) is 10.8 Å². The summed E-state index contributed by atoms with van der Waals surface area (Å²) in [5.74, 6) is -6.21. The molecule has 2 aliphatic heterocycles. The fraction of sp³-hybridized carbons (Fsp3) is 0.290. The molecule has 0 spiro atoms. The summed E-state index contributed by atoms with van der Waals surface area (Å²) < 4.78 is 0. The van der Waals surface area contributed by atoms with Crippen molar-refractivity contribution in [2.75, 3.05) is 10.4 Å². The van der Waals surface area contributed by atoms with E-state index in [-0.39, 0.29) is 35.2 Å². The fourth-order valence-corrected chi connectivity index (χ4v) is 9.15. The first-order valence-corrected chi connectivity index (χ1v) is 15.9. The van der Waals surface area contributed by atoms with Gasteiger partial charge in [-0.25, -0.2) is 0 Å². The number of carbonyl (C=O) groups is 4. The lowest BCUT2D eigenvalue weighted by Crippen LogP contribution is -2.60. The van der Waals surface area contributed by atoms with E-state index in [0.717, 1.165) is 15.2 Å². The molecule has 3 N–H and O–H groups in total. The van der Waals surface area contributed by atoms with Gasteiger partial charge in [-0.05, 0) is 53.2 Å². The molecule has 9 nitrogen and oxygen atoms in total. The Kier molecular flexibility index (Phi) is 6.80. The van der Waals surface area contributed by atoms with Crippen LogP contribution in [0.2, 0.25) is 0 Å². The third-order valence-corrected chi connectivity index (χ3v) is 11.6. The zero-order valence-electron chi connectivity index (χ0n) is 22.9. The Morgan fingerprint density at radius 3 is 2.41 bits per heavy atom. The summed E-state index contributed by atoms with van der Waals surface area (Å²) in [7, 11) is -1.80. The molecule has 13 heteroatoms. The van der Waals surface area contributed by atoms with Crippen LogP contribution in [0.3, 0.4) is 0 Å². The minimum atomic E-state index is -2.05. The standard InChI is InChI=1S/C31H24BBrCl2N2O7/c33-14-36-28(41)30(34)13-21-19(25(31(30,35)29(36)42)24-18-7-2-1-4-15(18)8-11-22(24)38)9-10-20-23(21)27(40)37(26(20)39)17-6-3-5-16(12-17)32(43)44/h1-9,11-12,20-21,23,25,38,43-44H,10,13-14H2. The molecule has 0 bridgehead atoms. The van der Waals surface area contributed by atoms with Gasteiger partial charge in [0, 0.05) is 11.5 Å². The smallest absolute Gasteiger partial charge is 0.488 e. The highest BCUT2D eigenvalue weighted by Crippen LogP contribution is 2.66. The van der Waals surface area contributed by atoms with Gasteiger partial charge < -0.3 is 15.2 Å². The molecule has 4 amide bonds. The van der Waals surface area contributed by atoms with Crippen molar-refractivity contribution in [2.24, 2.45) is 17.8 Å². The molecule has 7 rings (SSSR count). The number of imide groups is 2. The lowest BCUT2D eigenvalue weighted by molar-refractivity contribution is -0.138. The van der Waals surface area contributed by atoms with Crippen LogP contribution in [0.15, 0.2) is 72.3 Å². The number of halogens is 3. The Bertz CT molecular complexity index is 1840. The van der Waals surface area contributed by atoms with Crippen molar-refractivity contribution in [1.82, 2.24) is 4.90 Å². The Morgan fingerprint density at radius 1 is 0.932 bits per heavy atom. The molecule has 2 saturated heterocycles. The number of phenolic OH excluding ortho intramolecular Hbond substituents is 1. The van der Waals surface area contributed by atoms with Crippen molar-refractivity contribution in [1.29, 1.82) is 0 Å². The molecule has 0 radical (unpaired) electrons. The largest absolute Gasteiger partial charge is 0.508 e. The number of hydrogen-bond donors (Lipinski definition) is 3. The SMILES string of the molecule is O=C1C2CC=C3C(CC4(Cl)C(=O)N(CBr)C(=O)C4(Cl)C3c3c(O)ccc4ccccc34)C2C(=O)N1c1cccc(B(O)O)c1. The minimum Gasteiger partial charge on any atom is -0.508 e. The van der Waals surface area contributed by atoms with Crippen LogP contribution < -0.4 is 10.4 Å². The second-order valence-electron chi connectivity index (χ2n) is 11.7. The molecule has 3 fully saturated rings. The number of allylic oxidation sites excluding steroid dienone is 2. The molecule has 6 unspecified atom stereocenters. The highest BCUT2D eigenvalue weighted by Gasteiger charge is 2.76. The molecule has 3 aromatic rings. The van der Waals surface area contributed by atoms with Crippen LogP contribution in [-0.2, 0) is 19.2 Å². The predicted molar refractivity (Wildman–Crippen MR) is 168 cm³/mol. The maximum Gasteiger partial charge on any atom is 0.488 e. The van der Waals surface area contributed by atoms with Crippen molar-refractivity contribution >= 4 is 91.8 Å². The molecule has 1 saturated carbocycles. The van der Waals surface area contributed by atoms with Crippen molar-refractivity contribution in [3.63, 3.8) is 0 Å². The number of hydrogen-bond acceptors (Lipinski definition) is 7. The van der Waals surface area contributed by atoms with Crippen molar-refractivity contribution in [3.05, 3.63) is 77.9 Å². The molecule has 3 aromatic carbocycles. The van der Waals surface area contributed by atoms with Crippen LogP contribution >= 0.6 is 39.1 Å². The van der Waals surface area contributed by atoms with E-state index in [1.807, 2.05) is 12.1 Å². The average molecular weight is 698 g/mol. The highest BCUT2D eigenvalue weighted by atomic mass is 79.9. The van der Waals surface area contributed by atoms with E-state index in [0.29, 0.717) is 16.5 Å². The number of amides is 4. The first kappa shape index (κ1) is 29.5. The molecule has 0 aromatic heterocycles. The number of anilines is 1. The normalized spacial score (nSPS) is 31.2. The van der Waals surface area contributed by atoms with Gasteiger partial charge in [0.05, 0.1) is 23.0 Å². The monoisotopic (exact) mass is 696 g/mol. The number of carbonyl (C=O) groups excluding carboxylic acids is 4. The van der Waals surface area contributed by atoms with Gasteiger partial charge in [-0.15, -0.1) is 23.2 Å². The summed E-state index contributed by atoms with van der Waals surface area (Å²) >= 11 is 17.8. The van der Waals surface area contributed by atoms with Crippen molar-refractivity contribution < 1.29 is 34.3 Å². The second kappa shape index (κ2) is 10.2. The average Bonchev–Trinajstić information content (AvgIpc) is 3.35. The van der Waals surface area contributed by atoms with Gasteiger partial charge in [0.1, 0.15) is 5.75 Å². The lowest BCUT2D eigenvalue weighted by Gasteiger charge is -2.51. The second-order valence-corrected chi connectivity index (χ2v) is 13.4. The summed E-state index contributed by atoms with van der Waals surface area (Å²) in [5, 5.41) is 32.1. The van der Waals surface area contributed by atoms with E-state index in [1.54, 1.807) is 24.3 Å². The summed E-state index contributed by atoms with van der Waals surface area (Å²) in [6, 6.07) is 16.4. The van der Waals surface area contributed by atoms with Gasteiger partial charge in [0.2, 0.25) is 11.8 Å². The van der Waals surface area contributed by atoms with Gasteiger partial charge in [-0.3, -0.25) is 29.0 Å². The lowest BCUT2D eigenvalue weighted by atomic mass is 9.56. The molecule has 2 aliphatic carbocycles. The van der Waals surface area contributed by atoms with Crippen LogP contribution in [0.5, 0.6) is 5.75 Å². The number of alkyl halides is 3. The number of fused-ring (bicyclic) bond motifs is 5. The summed E-state index contributed by atoms with van der Waals surface area (Å²) in [6.45, 7) is 0. The Balaban J connectivity index is 1.43. The molecule has 2 heterocycles. The van der Waals surface area contributed by atoms with Gasteiger partial charge in [-0.2, -0.15) is 0 Å². The van der Waals surface area contributed by atoms with Crippen molar-refractivity contribution in [2.45, 2.75) is 28.5 Å². The van der Waals surface area contributed by atoms with Gasteiger partial charge >= 0.3 is 7.12 Å². The van der Waals surface area contributed by atoms with E-state index in [9.17, 15) is 34.3 Å². The zero-order chi connectivity index (χ0) is 31.3. The third-order valence-electron chi connectivity index (χ3n) is 9.68. The Morgan fingerprint density at radius 2 is 1.68 bits per heavy atom. The topological polar surface area (TPSA) is 135 Å². The Labute approximate surface area is 270 Å². The number of likely N-dealkylation sites (tertiary alicyclic amines) is 1. The van der Waals surface area contributed by atoms with Crippen LogP contribution in [-0.4, -0.2) is 66.0 Å². The first-order valence-electron chi connectivity index (χ1n) is 14.0. The number of phenols is 1. The summed E-state index contributed by atoms with van der Waals surface area (Å²) in [6.07, 6.45) is 1.76. The van der Waals surface area contributed by atoms with E-state index >= 15 is 0 Å². The molecular weight excluding hydrogens is 674 g/mol. The molecule has 6 atom stereocenters. The van der Waals surface area contributed by atoms with Crippen LogP contribution in [0, 0.1) is 17.8 Å². The first-order chi connectivity index (χ1) is 21.0. The number of benzene rings is 3. The zero-order valence-corrected chi connectivity index (χ0v) is 26.0. The summed E-state index contributed by atoms with van der Waals surface area (Å²) in [5.41, 5.74) is 1.01. The number of nitrogens with zero attached hydrogens (tertiary/aromatic N) is 2. The van der Waals surface area contributed by atoms with Crippen LogP contribution in [0.4, 0.5) is 5.69 Å². The molecule has 44 heavy (non-hydrogen) atoms. The quantitative estimate of drug-likeness (QED) is 0.125. The Hall–Kier alpha value is -3.22. The molecular formula is C31H24BBrCl2N2O7. The minimum absolute atomic E-state index is 0.109. The molecule has 224 valence electrons. The third kappa shape index (κ3) is 3.73. The van der Waals surface area contributed by atoms with E-state index in [2.05, 4.69) is 15.9 Å². The van der Waals surface area contributed by atoms with E-state index < -0.39 is 64.2 Å². The molecule has 4 aliphatic rings. The van der Waals surface area contributed by atoms with E-state index in [1.165, 1.54) is 30.3 Å². The van der Waals surface area contributed by atoms with Crippen LogP contribution in [0.1, 0.15) is 24.3 Å². The predicted octanol–water partition coefficient (Wildman–Crippen LogP) is 3.14. The van der Waals surface area contributed by atoms with Gasteiger partial charge in [0.15, 0.2) is 9.75 Å². The maximum absolute atomic E-state index is 14.2. The number of aromatic hydroxyl groups is 1. The highest BCUT2D eigenvalue weighted by molar-refractivity contribution is 9.09. The summed E-state index contributed by atoms with van der Waals surface area (Å²) in [4.78, 5) is 53.9. The van der Waals surface area contributed by atoms with E-state index in [4.69, 9.17) is 23.2 Å². The van der Waals surface area contributed by atoms with Gasteiger partial charge in [0.25, 0.3) is 11.8 Å².